The van der Waals surface area contributed by atoms with Crippen LogP contribution in [0.5, 0.6) is 0 Å². The van der Waals surface area contributed by atoms with Gasteiger partial charge in [-0.05, 0) is 55.0 Å². The fourth-order valence-electron chi connectivity index (χ4n) is 4.41. The smallest absolute Gasteiger partial charge is 0.335 e. The van der Waals surface area contributed by atoms with Crippen LogP contribution in [0.2, 0.25) is 0 Å². The van der Waals surface area contributed by atoms with Gasteiger partial charge >= 0.3 is 5.97 Å². The number of amides is 1. The molecule has 6 nitrogen and oxygen atoms in total. The number of aromatic carboxylic acids is 1. The highest BCUT2D eigenvalue weighted by molar-refractivity contribution is 7.90. The second-order valence-corrected chi connectivity index (χ2v) is 9.75. The van der Waals surface area contributed by atoms with Crippen LogP contribution in [-0.2, 0) is 26.5 Å². The van der Waals surface area contributed by atoms with E-state index in [-0.39, 0.29) is 33.4 Å². The van der Waals surface area contributed by atoms with E-state index in [1.165, 1.54) is 23.3 Å². The van der Waals surface area contributed by atoms with Crippen LogP contribution in [0.4, 0.5) is 5.69 Å². The van der Waals surface area contributed by atoms with Crippen molar-refractivity contribution in [3.05, 3.63) is 59.2 Å². The first-order valence-electron chi connectivity index (χ1n) is 9.18. The molecule has 2 aromatic rings. The standard InChI is InChI=1S/C21H21NO5S/c1-28(26,27)16-10-14(20(24)25)9-15(11-16)22-19(23)18-12-21(18)8-4-6-13-5-2-3-7-17(13)21/h2-3,5,7,9-11,18H,4,6,8,12H2,1H3,(H,22,23)(H,24,25). The lowest BCUT2D eigenvalue weighted by molar-refractivity contribution is -0.117. The van der Waals surface area contributed by atoms with Crippen LogP contribution in [0, 0.1) is 5.92 Å². The molecular weight excluding hydrogens is 378 g/mol. The Morgan fingerprint density at radius 2 is 1.93 bits per heavy atom. The maximum atomic E-state index is 12.9. The fraction of sp³-hybridized carbons (Fsp3) is 0.333. The molecule has 4 rings (SSSR count). The molecule has 0 radical (unpaired) electrons. The summed E-state index contributed by atoms with van der Waals surface area (Å²) in [6.45, 7) is 0. The highest BCUT2D eigenvalue weighted by atomic mass is 32.2. The zero-order chi connectivity index (χ0) is 20.1. The average molecular weight is 399 g/mol. The summed E-state index contributed by atoms with van der Waals surface area (Å²) in [6.07, 6.45) is 4.77. The van der Waals surface area contributed by atoms with Gasteiger partial charge in [0.15, 0.2) is 9.84 Å². The number of anilines is 1. The Balaban J connectivity index is 1.61. The van der Waals surface area contributed by atoms with Gasteiger partial charge in [0.25, 0.3) is 0 Å². The summed E-state index contributed by atoms with van der Waals surface area (Å²) in [5.74, 6) is -1.63. The number of aryl methyl sites for hydroxylation is 1. The summed E-state index contributed by atoms with van der Waals surface area (Å²) in [6, 6.07) is 11.9. The van der Waals surface area contributed by atoms with E-state index in [1.807, 2.05) is 12.1 Å². The van der Waals surface area contributed by atoms with Crippen molar-refractivity contribution in [1.29, 1.82) is 0 Å². The van der Waals surface area contributed by atoms with Crippen molar-refractivity contribution in [1.82, 2.24) is 0 Å². The van der Waals surface area contributed by atoms with E-state index in [1.54, 1.807) is 0 Å². The van der Waals surface area contributed by atoms with Gasteiger partial charge in [-0.3, -0.25) is 4.79 Å². The van der Waals surface area contributed by atoms with Crippen LogP contribution in [0.1, 0.15) is 40.7 Å². The molecule has 0 saturated heterocycles. The second-order valence-electron chi connectivity index (χ2n) is 7.74. The molecule has 2 unspecified atom stereocenters. The molecule has 7 heteroatoms. The Bertz CT molecular complexity index is 1090. The van der Waals surface area contributed by atoms with Gasteiger partial charge in [-0.15, -0.1) is 0 Å². The van der Waals surface area contributed by atoms with Gasteiger partial charge in [-0.2, -0.15) is 0 Å². The van der Waals surface area contributed by atoms with Gasteiger partial charge in [-0.25, -0.2) is 13.2 Å². The first-order chi connectivity index (χ1) is 13.2. The van der Waals surface area contributed by atoms with E-state index in [2.05, 4.69) is 17.4 Å². The minimum absolute atomic E-state index is 0.128. The van der Waals surface area contributed by atoms with Gasteiger partial charge in [0.1, 0.15) is 0 Å². The van der Waals surface area contributed by atoms with Crippen LogP contribution in [-0.4, -0.2) is 31.7 Å². The highest BCUT2D eigenvalue weighted by Crippen LogP contribution is 2.60. The Labute approximate surface area is 163 Å². The number of rotatable bonds is 4. The zero-order valence-corrected chi connectivity index (χ0v) is 16.3. The molecule has 1 fully saturated rings. The lowest BCUT2D eigenvalue weighted by Gasteiger charge is -2.26. The highest BCUT2D eigenvalue weighted by Gasteiger charge is 2.60. The lowest BCUT2D eigenvalue weighted by atomic mass is 9.78. The Hall–Kier alpha value is -2.67. The molecule has 1 amide bonds. The minimum Gasteiger partial charge on any atom is -0.478 e. The number of fused-ring (bicyclic) bond motifs is 2. The van der Waals surface area contributed by atoms with E-state index in [0.29, 0.717) is 0 Å². The number of carbonyl (C=O) groups is 2. The van der Waals surface area contributed by atoms with Crippen molar-refractivity contribution >= 4 is 27.4 Å². The lowest BCUT2D eigenvalue weighted by Crippen LogP contribution is -2.25. The molecule has 28 heavy (non-hydrogen) atoms. The Kier molecular flexibility index (Phi) is 4.30. The molecule has 146 valence electrons. The fourth-order valence-corrected chi connectivity index (χ4v) is 5.10. The number of sulfone groups is 1. The number of hydrogen-bond donors (Lipinski definition) is 2. The molecule has 2 aliphatic carbocycles. The van der Waals surface area contributed by atoms with Gasteiger partial charge in [-0.1, -0.05) is 24.3 Å². The third-order valence-corrected chi connectivity index (χ3v) is 6.96. The Morgan fingerprint density at radius 3 is 2.64 bits per heavy atom. The first-order valence-corrected chi connectivity index (χ1v) is 11.1. The molecule has 0 bridgehead atoms. The van der Waals surface area contributed by atoms with Crippen LogP contribution in [0.15, 0.2) is 47.4 Å². The van der Waals surface area contributed by atoms with Crippen molar-refractivity contribution in [3.8, 4) is 0 Å². The SMILES string of the molecule is CS(=O)(=O)c1cc(NC(=O)C2CC23CCCc2ccccc23)cc(C(=O)O)c1. The van der Waals surface area contributed by atoms with Crippen LogP contribution in [0.3, 0.4) is 0 Å². The van der Waals surface area contributed by atoms with Crippen LogP contribution in [0.25, 0.3) is 0 Å². The predicted molar refractivity (Wildman–Crippen MR) is 104 cm³/mol. The molecule has 2 atom stereocenters. The van der Waals surface area contributed by atoms with E-state index >= 15 is 0 Å². The number of carbonyl (C=O) groups excluding carboxylic acids is 1. The molecule has 2 N–H and O–H groups in total. The van der Waals surface area contributed by atoms with Crippen molar-refractivity contribution < 1.29 is 23.1 Å². The quantitative estimate of drug-likeness (QED) is 0.823. The Morgan fingerprint density at radius 1 is 1.18 bits per heavy atom. The van der Waals surface area contributed by atoms with E-state index in [0.717, 1.165) is 38.0 Å². The summed E-state index contributed by atoms with van der Waals surface area (Å²) in [5, 5.41) is 12.0. The minimum atomic E-state index is -3.60. The number of carboxylic acid groups (broad SMARTS) is 1. The van der Waals surface area contributed by atoms with Gasteiger partial charge in [0.05, 0.1) is 10.5 Å². The molecule has 0 heterocycles. The molecule has 0 aromatic heterocycles. The molecule has 2 aromatic carbocycles. The molecule has 2 aliphatic rings. The topological polar surface area (TPSA) is 101 Å². The first kappa shape index (κ1) is 18.7. The largest absolute Gasteiger partial charge is 0.478 e. The molecule has 1 saturated carbocycles. The van der Waals surface area contributed by atoms with E-state index in [4.69, 9.17) is 0 Å². The summed E-state index contributed by atoms with van der Waals surface area (Å²) >= 11 is 0. The van der Waals surface area contributed by atoms with E-state index in [9.17, 15) is 23.1 Å². The summed E-state index contributed by atoms with van der Waals surface area (Å²) < 4.78 is 23.7. The number of carboxylic acids is 1. The number of benzene rings is 2. The maximum absolute atomic E-state index is 12.9. The summed E-state index contributed by atoms with van der Waals surface area (Å²) in [5.41, 5.74) is 2.39. The molecule has 0 aliphatic heterocycles. The van der Waals surface area contributed by atoms with Crippen molar-refractivity contribution in [3.63, 3.8) is 0 Å². The van der Waals surface area contributed by atoms with Crippen molar-refractivity contribution in [2.45, 2.75) is 36.0 Å². The van der Waals surface area contributed by atoms with Crippen molar-refractivity contribution in [2.75, 3.05) is 11.6 Å². The second kappa shape index (κ2) is 6.44. The van der Waals surface area contributed by atoms with Crippen molar-refractivity contribution in [2.24, 2.45) is 5.92 Å². The molecule has 1 spiro atoms. The summed E-state index contributed by atoms with van der Waals surface area (Å²) in [4.78, 5) is 24.1. The zero-order valence-electron chi connectivity index (χ0n) is 15.4. The third-order valence-electron chi connectivity index (χ3n) is 5.86. The van der Waals surface area contributed by atoms with E-state index < -0.39 is 15.8 Å². The third kappa shape index (κ3) is 3.20. The number of hydrogen-bond acceptors (Lipinski definition) is 4. The predicted octanol–water partition coefficient (Wildman–Crippen LogP) is 3.02. The van der Waals surface area contributed by atoms with Crippen LogP contribution < -0.4 is 5.32 Å². The number of nitrogens with one attached hydrogen (secondary N) is 1. The monoisotopic (exact) mass is 399 g/mol. The van der Waals surface area contributed by atoms with Crippen LogP contribution >= 0.6 is 0 Å². The van der Waals surface area contributed by atoms with Gasteiger partial charge in [0.2, 0.25) is 5.91 Å². The normalized spacial score (nSPS) is 23.1. The van der Waals surface area contributed by atoms with Gasteiger partial charge in [0, 0.05) is 23.3 Å². The summed E-state index contributed by atoms with van der Waals surface area (Å²) in [7, 11) is -3.60. The maximum Gasteiger partial charge on any atom is 0.335 e. The molecular formula is C21H21NO5S. The average Bonchev–Trinajstić information content (AvgIpc) is 3.36. The van der Waals surface area contributed by atoms with Gasteiger partial charge < -0.3 is 10.4 Å².